The van der Waals surface area contributed by atoms with Crippen LogP contribution in [0.15, 0.2) is 36.8 Å². The summed E-state index contributed by atoms with van der Waals surface area (Å²) in [7, 11) is -3.85. The molecule has 0 amide bonds. The average Bonchev–Trinajstić information content (AvgIpc) is 2.76. The van der Waals surface area contributed by atoms with E-state index in [2.05, 4.69) is 9.88 Å². The molecule has 1 aromatic heterocycles. The van der Waals surface area contributed by atoms with Crippen LogP contribution in [0.1, 0.15) is 12.1 Å². The van der Waals surface area contributed by atoms with E-state index >= 15 is 0 Å². The lowest BCUT2D eigenvalue weighted by molar-refractivity contribution is 0.258. The van der Waals surface area contributed by atoms with E-state index in [1.807, 2.05) is 35.5 Å². The maximum absolute atomic E-state index is 10.6. The minimum absolute atomic E-state index is 0.197. The number of nitrogens with zero attached hydrogens (tertiary/aromatic N) is 3. The topological polar surface area (TPSA) is 73.7 Å². The molecule has 7 heteroatoms. The Bertz CT molecular complexity index is 530. The minimum atomic E-state index is -3.85. The lowest BCUT2D eigenvalue weighted by Crippen LogP contribution is -2.27. The van der Waals surface area contributed by atoms with Crippen LogP contribution in [0, 0.1) is 0 Å². The van der Waals surface area contributed by atoms with E-state index in [1.165, 1.54) is 0 Å². The number of hydrogen-bond donors (Lipinski definition) is 1. The van der Waals surface area contributed by atoms with Crippen molar-refractivity contribution in [1.29, 1.82) is 0 Å². The summed E-state index contributed by atoms with van der Waals surface area (Å²) < 4.78 is 29.9. The molecule has 1 aliphatic heterocycles. The average molecular weight is 283 g/mol. The van der Waals surface area contributed by atoms with E-state index in [9.17, 15) is 8.42 Å². The zero-order chi connectivity index (χ0) is 13.7. The van der Waals surface area contributed by atoms with Gasteiger partial charge in [-0.2, -0.15) is 8.42 Å². The van der Waals surface area contributed by atoms with E-state index < -0.39 is 10.1 Å². The van der Waals surface area contributed by atoms with Crippen molar-refractivity contribution in [2.75, 3.05) is 19.0 Å². The molecule has 2 rings (SSSR count). The second kappa shape index (κ2) is 6.03. The van der Waals surface area contributed by atoms with Crippen LogP contribution in [-0.2, 0) is 16.7 Å². The smallest absolute Gasteiger partial charge is 0.264 e. The fraction of sp³-hybridized carbons (Fsp3) is 0.417. The molecule has 0 saturated carbocycles. The molecule has 0 radical (unpaired) electrons. The lowest BCUT2D eigenvalue weighted by atomic mass is 10.3. The van der Waals surface area contributed by atoms with Gasteiger partial charge in [0.15, 0.2) is 0 Å². The van der Waals surface area contributed by atoms with Crippen LogP contribution in [0.5, 0.6) is 0 Å². The van der Waals surface area contributed by atoms with Gasteiger partial charge in [0.1, 0.15) is 0 Å². The predicted octanol–water partition coefficient (Wildman–Crippen LogP) is 0.906. The normalized spacial score (nSPS) is 15.2. The van der Waals surface area contributed by atoms with Crippen molar-refractivity contribution in [3.63, 3.8) is 0 Å². The quantitative estimate of drug-likeness (QED) is 0.782. The Balaban J connectivity index is 1.74. The number of hydrogen-bond acceptors (Lipinski definition) is 5. The Hall–Kier alpha value is -1.60. The number of aromatic nitrogens is 1. The third-order valence-electron chi connectivity index (χ3n) is 2.79. The van der Waals surface area contributed by atoms with E-state index in [1.54, 1.807) is 6.20 Å². The Kier molecular flexibility index (Phi) is 4.39. The van der Waals surface area contributed by atoms with Gasteiger partial charge in [0.05, 0.1) is 24.7 Å². The molecule has 0 spiro atoms. The van der Waals surface area contributed by atoms with Gasteiger partial charge >= 0.3 is 0 Å². The Morgan fingerprint density at radius 3 is 2.74 bits per heavy atom. The molecular weight excluding hydrogens is 266 g/mol. The van der Waals surface area contributed by atoms with Crippen LogP contribution in [0.3, 0.4) is 0 Å². The van der Waals surface area contributed by atoms with Crippen molar-refractivity contribution in [2.24, 2.45) is 0 Å². The summed E-state index contributed by atoms with van der Waals surface area (Å²) in [6.45, 7) is 2.04. The standard InChI is InChI=1S/C12H17N3O3S/c16-19(17,18)9-3-6-14-7-8-15(11-14)10-12-4-1-2-5-13-12/h1-2,4-5,7-8H,3,6,9-11H2,(H,16,17,18). The molecule has 0 unspecified atom stereocenters. The predicted molar refractivity (Wildman–Crippen MR) is 71.5 cm³/mol. The molecule has 0 aliphatic carbocycles. The highest BCUT2D eigenvalue weighted by Crippen LogP contribution is 2.10. The van der Waals surface area contributed by atoms with Gasteiger partial charge in [0.25, 0.3) is 10.1 Å². The second-order valence-electron chi connectivity index (χ2n) is 4.46. The fourth-order valence-corrected chi connectivity index (χ4v) is 2.41. The third-order valence-corrected chi connectivity index (χ3v) is 3.60. The molecular formula is C12H17N3O3S. The van der Waals surface area contributed by atoms with Crippen LogP contribution >= 0.6 is 0 Å². The van der Waals surface area contributed by atoms with Gasteiger partial charge in [-0.3, -0.25) is 9.54 Å². The van der Waals surface area contributed by atoms with Gasteiger partial charge in [-0.1, -0.05) is 6.07 Å². The van der Waals surface area contributed by atoms with E-state index in [4.69, 9.17) is 4.55 Å². The summed E-state index contributed by atoms with van der Waals surface area (Å²) in [6.07, 6.45) is 6.06. The molecule has 0 aromatic carbocycles. The van der Waals surface area contributed by atoms with Crippen molar-refractivity contribution in [3.8, 4) is 0 Å². The minimum Gasteiger partial charge on any atom is -0.359 e. The number of rotatable bonds is 6. The van der Waals surface area contributed by atoms with Crippen molar-refractivity contribution >= 4 is 10.1 Å². The largest absolute Gasteiger partial charge is 0.359 e. The highest BCUT2D eigenvalue weighted by Gasteiger charge is 2.13. The van der Waals surface area contributed by atoms with Gasteiger partial charge in [0.2, 0.25) is 0 Å². The molecule has 19 heavy (non-hydrogen) atoms. The molecule has 1 aliphatic rings. The molecule has 1 aromatic rings. The molecule has 0 bridgehead atoms. The first-order valence-electron chi connectivity index (χ1n) is 6.04. The summed E-state index contributed by atoms with van der Waals surface area (Å²) in [5, 5.41) is 0. The molecule has 2 heterocycles. The van der Waals surface area contributed by atoms with Gasteiger partial charge < -0.3 is 9.80 Å². The molecule has 1 N–H and O–H groups in total. The molecule has 0 atom stereocenters. The summed E-state index contributed by atoms with van der Waals surface area (Å²) in [5.41, 5.74) is 0.993. The highest BCUT2D eigenvalue weighted by molar-refractivity contribution is 7.85. The van der Waals surface area contributed by atoms with E-state index in [0.717, 1.165) is 12.2 Å². The maximum Gasteiger partial charge on any atom is 0.264 e. The van der Waals surface area contributed by atoms with Crippen LogP contribution in [-0.4, -0.2) is 46.7 Å². The summed E-state index contributed by atoms with van der Waals surface area (Å²) in [5.74, 6) is -0.197. The highest BCUT2D eigenvalue weighted by atomic mass is 32.2. The first-order valence-corrected chi connectivity index (χ1v) is 7.65. The zero-order valence-corrected chi connectivity index (χ0v) is 11.3. The van der Waals surface area contributed by atoms with Crippen LogP contribution in [0.25, 0.3) is 0 Å². The maximum atomic E-state index is 10.6. The van der Waals surface area contributed by atoms with Gasteiger partial charge in [-0.15, -0.1) is 0 Å². The SMILES string of the molecule is O=S(=O)(O)CCCN1C=CN(Cc2ccccn2)C1. The van der Waals surface area contributed by atoms with E-state index in [-0.39, 0.29) is 5.75 Å². The Morgan fingerprint density at radius 2 is 2.05 bits per heavy atom. The van der Waals surface area contributed by atoms with E-state index in [0.29, 0.717) is 19.6 Å². The van der Waals surface area contributed by atoms with Crippen LogP contribution in [0.4, 0.5) is 0 Å². The van der Waals surface area contributed by atoms with Crippen molar-refractivity contribution in [2.45, 2.75) is 13.0 Å². The first-order chi connectivity index (χ1) is 9.03. The second-order valence-corrected chi connectivity index (χ2v) is 6.03. The van der Waals surface area contributed by atoms with Crippen molar-refractivity contribution < 1.29 is 13.0 Å². The third kappa shape index (κ3) is 4.88. The molecule has 6 nitrogen and oxygen atoms in total. The van der Waals surface area contributed by atoms with Crippen molar-refractivity contribution in [3.05, 3.63) is 42.5 Å². The molecule has 0 saturated heterocycles. The zero-order valence-electron chi connectivity index (χ0n) is 10.5. The number of pyridine rings is 1. The van der Waals surface area contributed by atoms with Gasteiger partial charge in [0, 0.05) is 25.1 Å². The van der Waals surface area contributed by atoms with Crippen LogP contribution in [0.2, 0.25) is 0 Å². The first kappa shape index (κ1) is 13.8. The molecule has 0 fully saturated rings. The lowest BCUT2D eigenvalue weighted by Gasteiger charge is -2.20. The van der Waals surface area contributed by atoms with Crippen molar-refractivity contribution in [1.82, 2.24) is 14.8 Å². The fourth-order valence-electron chi connectivity index (χ4n) is 1.91. The summed E-state index contributed by atoms with van der Waals surface area (Å²) in [4.78, 5) is 8.36. The Labute approximate surface area is 113 Å². The van der Waals surface area contributed by atoms with Gasteiger partial charge in [-0.05, 0) is 18.6 Å². The summed E-state index contributed by atoms with van der Waals surface area (Å²) in [6, 6.07) is 5.80. The monoisotopic (exact) mass is 283 g/mol. The summed E-state index contributed by atoms with van der Waals surface area (Å²) >= 11 is 0. The van der Waals surface area contributed by atoms with Gasteiger partial charge in [-0.25, -0.2) is 0 Å². The Morgan fingerprint density at radius 1 is 1.26 bits per heavy atom. The molecule has 104 valence electrons. The van der Waals surface area contributed by atoms with Crippen LogP contribution < -0.4 is 0 Å².